The van der Waals surface area contributed by atoms with Gasteiger partial charge >= 0.3 is 0 Å². The predicted octanol–water partition coefficient (Wildman–Crippen LogP) is 10.9. The Balaban J connectivity index is 1.16. The van der Waals surface area contributed by atoms with Gasteiger partial charge in [0.25, 0.3) is 0 Å². The number of nitrogens with zero attached hydrogens (tertiary/aromatic N) is 4. The number of rotatable bonds is 4. The van der Waals surface area contributed by atoms with Crippen LogP contribution in [0.25, 0.3) is 83.0 Å². The molecule has 0 N–H and O–H groups in total. The summed E-state index contributed by atoms with van der Waals surface area (Å²) < 4.78 is 6.92. The first-order chi connectivity index (χ1) is 23.3. The molecule has 0 aliphatic heterocycles. The normalized spacial score (nSPS) is 11.8. The van der Waals surface area contributed by atoms with E-state index in [4.69, 9.17) is 4.98 Å². The van der Waals surface area contributed by atoms with Crippen LogP contribution in [0.1, 0.15) is 0 Å². The molecule has 7 aromatic carbocycles. The van der Waals surface area contributed by atoms with E-state index in [0.717, 1.165) is 39.5 Å². The van der Waals surface area contributed by atoms with Crippen LogP contribution in [0.4, 0.5) is 0 Å². The van der Waals surface area contributed by atoms with Gasteiger partial charge in [0.2, 0.25) is 0 Å². The highest BCUT2D eigenvalue weighted by Crippen LogP contribution is 2.37. The van der Waals surface area contributed by atoms with E-state index >= 15 is 0 Å². The van der Waals surface area contributed by atoms with Crippen molar-refractivity contribution in [1.29, 1.82) is 0 Å². The van der Waals surface area contributed by atoms with Crippen molar-refractivity contribution in [3.05, 3.63) is 170 Å². The molecule has 3 heterocycles. The molecule has 4 nitrogen and oxygen atoms in total. The van der Waals surface area contributed by atoms with E-state index in [2.05, 4.69) is 178 Å². The van der Waals surface area contributed by atoms with E-state index in [1.165, 1.54) is 43.5 Å². The first-order valence-corrected chi connectivity index (χ1v) is 16.0. The maximum absolute atomic E-state index is 5.09. The number of aromatic nitrogens is 4. The van der Waals surface area contributed by atoms with Gasteiger partial charge in [0, 0.05) is 45.0 Å². The van der Waals surface area contributed by atoms with Gasteiger partial charge in [-0.2, -0.15) is 0 Å². The van der Waals surface area contributed by atoms with E-state index in [-0.39, 0.29) is 0 Å². The number of fused-ring (bicyclic) bond motifs is 6. The third-order valence-electron chi connectivity index (χ3n) is 9.43. The smallest absolute Gasteiger partial charge is 0.145 e. The Bertz CT molecular complexity index is 2760. The number of imidazole rings is 1. The van der Waals surface area contributed by atoms with Crippen molar-refractivity contribution in [2.24, 2.45) is 0 Å². The van der Waals surface area contributed by atoms with Crippen LogP contribution >= 0.6 is 0 Å². The van der Waals surface area contributed by atoms with E-state index < -0.39 is 0 Å². The zero-order valence-electron chi connectivity index (χ0n) is 25.5. The van der Waals surface area contributed by atoms with Gasteiger partial charge in [-0.25, -0.2) is 4.98 Å². The number of hydrogen-bond acceptors (Lipinski definition) is 1. The number of hydrogen-bond donors (Lipinski definition) is 0. The molecule has 3 aromatic heterocycles. The standard InChI is InChI=1S/C43H28N4/c1-3-11-33(12-4-1)45-24-23-30-25-31-26-37-36-15-7-9-17-39(36)46(42(37)28-32(31)27-41(30)45)35-21-19-29(20-22-35)43-44-38-16-8-10-18-40(38)47(43)34-13-5-2-6-14-34/h1-28H. The second-order valence-corrected chi connectivity index (χ2v) is 12.1. The van der Waals surface area contributed by atoms with E-state index in [9.17, 15) is 0 Å². The van der Waals surface area contributed by atoms with Crippen molar-refractivity contribution < 1.29 is 0 Å². The molecule has 0 saturated heterocycles. The molecule has 0 atom stereocenters. The first-order valence-electron chi connectivity index (χ1n) is 16.0. The summed E-state index contributed by atoms with van der Waals surface area (Å²) in [5.74, 6) is 0.933. The fourth-order valence-corrected chi connectivity index (χ4v) is 7.26. The average molecular weight is 601 g/mol. The fraction of sp³-hybridized carbons (Fsp3) is 0. The van der Waals surface area contributed by atoms with Crippen molar-refractivity contribution in [2.75, 3.05) is 0 Å². The van der Waals surface area contributed by atoms with Crippen molar-refractivity contribution in [2.45, 2.75) is 0 Å². The molecule has 0 bridgehead atoms. The summed E-state index contributed by atoms with van der Waals surface area (Å²) in [7, 11) is 0. The molecule has 4 heteroatoms. The molecule has 10 aromatic rings. The lowest BCUT2D eigenvalue weighted by Crippen LogP contribution is -1.98. The number of para-hydroxylation sites is 5. The molecule has 0 fully saturated rings. The highest BCUT2D eigenvalue weighted by atomic mass is 15.1. The molecule has 47 heavy (non-hydrogen) atoms. The van der Waals surface area contributed by atoms with Gasteiger partial charge < -0.3 is 9.13 Å². The SMILES string of the molecule is c1ccc(-n2ccc3cc4cc5c6ccccc6n(-c6ccc(-c7nc8ccccc8n7-c7ccccc7)cc6)c5cc4cc32)cc1. The van der Waals surface area contributed by atoms with E-state index in [1.807, 2.05) is 6.07 Å². The van der Waals surface area contributed by atoms with E-state index in [1.54, 1.807) is 0 Å². The Morgan fingerprint density at radius 1 is 0.383 bits per heavy atom. The molecule has 0 unspecified atom stereocenters. The lowest BCUT2D eigenvalue weighted by molar-refractivity contribution is 1.10. The molecule has 0 saturated carbocycles. The van der Waals surface area contributed by atoms with Gasteiger partial charge in [-0.05, 0) is 108 Å². The predicted molar refractivity (Wildman–Crippen MR) is 195 cm³/mol. The van der Waals surface area contributed by atoms with Gasteiger partial charge in [-0.15, -0.1) is 0 Å². The molecular formula is C43H28N4. The Morgan fingerprint density at radius 3 is 1.83 bits per heavy atom. The van der Waals surface area contributed by atoms with Crippen LogP contribution in [0.3, 0.4) is 0 Å². The second-order valence-electron chi connectivity index (χ2n) is 12.1. The maximum Gasteiger partial charge on any atom is 0.145 e. The van der Waals surface area contributed by atoms with Gasteiger partial charge in [0.1, 0.15) is 5.82 Å². The van der Waals surface area contributed by atoms with Gasteiger partial charge in [0.15, 0.2) is 0 Å². The molecular weight excluding hydrogens is 573 g/mol. The fourth-order valence-electron chi connectivity index (χ4n) is 7.26. The number of benzene rings is 7. The summed E-state index contributed by atoms with van der Waals surface area (Å²) in [6.45, 7) is 0. The lowest BCUT2D eigenvalue weighted by atomic mass is 10.0. The minimum atomic E-state index is 0.933. The van der Waals surface area contributed by atoms with Crippen LogP contribution in [0, 0.1) is 0 Å². The summed E-state index contributed by atoms with van der Waals surface area (Å²) >= 11 is 0. The van der Waals surface area contributed by atoms with Crippen molar-refractivity contribution in [3.63, 3.8) is 0 Å². The highest BCUT2D eigenvalue weighted by Gasteiger charge is 2.17. The molecule has 0 amide bonds. The molecule has 0 spiro atoms. The molecule has 220 valence electrons. The first kappa shape index (κ1) is 25.9. The van der Waals surface area contributed by atoms with Crippen LogP contribution in [0.2, 0.25) is 0 Å². The molecule has 0 radical (unpaired) electrons. The highest BCUT2D eigenvalue weighted by molar-refractivity contribution is 6.15. The quantitative estimate of drug-likeness (QED) is 0.197. The van der Waals surface area contributed by atoms with Gasteiger partial charge in [-0.1, -0.05) is 66.7 Å². The van der Waals surface area contributed by atoms with Crippen LogP contribution in [0.5, 0.6) is 0 Å². The average Bonchev–Trinajstić information content (AvgIpc) is 3.82. The zero-order chi connectivity index (χ0) is 30.9. The summed E-state index contributed by atoms with van der Waals surface area (Å²) in [5, 5.41) is 6.21. The van der Waals surface area contributed by atoms with E-state index in [0.29, 0.717) is 0 Å². The van der Waals surface area contributed by atoms with Gasteiger partial charge in [0.05, 0.1) is 27.6 Å². The minimum Gasteiger partial charge on any atom is -0.317 e. The summed E-state index contributed by atoms with van der Waals surface area (Å²) in [4.78, 5) is 5.09. The molecule has 0 aliphatic rings. The van der Waals surface area contributed by atoms with Crippen LogP contribution < -0.4 is 0 Å². The minimum absolute atomic E-state index is 0.933. The summed E-state index contributed by atoms with van der Waals surface area (Å²) in [6, 6.07) is 58.5. The summed E-state index contributed by atoms with van der Waals surface area (Å²) in [5.41, 5.74) is 10.1. The van der Waals surface area contributed by atoms with Crippen LogP contribution in [-0.2, 0) is 0 Å². The van der Waals surface area contributed by atoms with Gasteiger partial charge in [-0.3, -0.25) is 4.57 Å². The second kappa shape index (κ2) is 10.1. The van der Waals surface area contributed by atoms with Crippen molar-refractivity contribution >= 4 is 54.5 Å². The Hall–Kier alpha value is -6.39. The Kier molecular flexibility index (Phi) is 5.54. The maximum atomic E-state index is 5.09. The largest absolute Gasteiger partial charge is 0.317 e. The van der Waals surface area contributed by atoms with Crippen LogP contribution in [-0.4, -0.2) is 18.7 Å². The molecule has 0 aliphatic carbocycles. The van der Waals surface area contributed by atoms with Crippen molar-refractivity contribution in [3.8, 4) is 28.5 Å². The Labute approximate surface area is 271 Å². The summed E-state index contributed by atoms with van der Waals surface area (Å²) in [6.07, 6.45) is 2.17. The molecule has 10 rings (SSSR count). The van der Waals surface area contributed by atoms with Crippen LogP contribution in [0.15, 0.2) is 170 Å². The van der Waals surface area contributed by atoms with Crippen molar-refractivity contribution in [1.82, 2.24) is 18.7 Å². The zero-order valence-corrected chi connectivity index (χ0v) is 25.5. The monoisotopic (exact) mass is 600 g/mol. The lowest BCUT2D eigenvalue weighted by Gasteiger charge is -2.12. The Morgan fingerprint density at radius 2 is 1.02 bits per heavy atom. The third-order valence-corrected chi connectivity index (χ3v) is 9.43. The topological polar surface area (TPSA) is 27.7 Å². The third kappa shape index (κ3) is 3.98.